The van der Waals surface area contributed by atoms with E-state index in [1.165, 1.54) is 0 Å². The average molecular weight is 221 g/mol. The quantitative estimate of drug-likeness (QED) is 0.781. The van der Waals surface area contributed by atoms with Gasteiger partial charge >= 0.3 is 0 Å². The third-order valence-corrected chi connectivity index (χ3v) is 2.77. The zero-order valence-electron chi connectivity index (χ0n) is 9.14. The summed E-state index contributed by atoms with van der Waals surface area (Å²) in [6, 6.07) is 3.39. The third-order valence-electron chi connectivity index (χ3n) is 2.77. The Bertz CT molecular complexity index is 377. The molecule has 0 spiro atoms. The van der Waals surface area contributed by atoms with Gasteiger partial charge in [0.25, 0.3) is 0 Å². The van der Waals surface area contributed by atoms with Crippen LogP contribution in [0.15, 0.2) is 18.3 Å². The molecular weight excluding hydrogens is 206 g/mol. The standard InChI is InChI=1S/C11H15N3O2/c1-7-9(4-5-16-7)11(15)14-8-2-3-10(12)13-6-8/h2-3,6-7,9H,4-5H2,1H3,(H2,12,13)(H,14,15). The molecule has 16 heavy (non-hydrogen) atoms. The molecule has 0 radical (unpaired) electrons. The first-order valence-corrected chi connectivity index (χ1v) is 5.31. The van der Waals surface area contributed by atoms with Crippen molar-refractivity contribution in [1.82, 2.24) is 4.98 Å². The smallest absolute Gasteiger partial charge is 0.230 e. The molecule has 0 aliphatic carbocycles. The third kappa shape index (κ3) is 2.30. The lowest BCUT2D eigenvalue weighted by Crippen LogP contribution is -2.27. The van der Waals surface area contributed by atoms with Crippen LogP contribution in [-0.4, -0.2) is 23.6 Å². The molecule has 5 heteroatoms. The molecule has 2 unspecified atom stereocenters. The highest BCUT2D eigenvalue weighted by Gasteiger charge is 2.30. The lowest BCUT2D eigenvalue weighted by molar-refractivity contribution is -0.121. The zero-order chi connectivity index (χ0) is 11.5. The zero-order valence-corrected chi connectivity index (χ0v) is 9.14. The van der Waals surface area contributed by atoms with Crippen molar-refractivity contribution in [2.45, 2.75) is 19.4 Å². The van der Waals surface area contributed by atoms with E-state index >= 15 is 0 Å². The number of nitrogen functional groups attached to an aromatic ring is 1. The maximum Gasteiger partial charge on any atom is 0.230 e. The second kappa shape index (κ2) is 4.49. The van der Waals surface area contributed by atoms with E-state index in [2.05, 4.69) is 10.3 Å². The van der Waals surface area contributed by atoms with Gasteiger partial charge in [-0.05, 0) is 25.5 Å². The maximum absolute atomic E-state index is 11.9. The van der Waals surface area contributed by atoms with Gasteiger partial charge in [0.2, 0.25) is 5.91 Å². The number of hydrogen-bond acceptors (Lipinski definition) is 4. The highest BCUT2D eigenvalue weighted by atomic mass is 16.5. The number of ether oxygens (including phenoxy) is 1. The van der Waals surface area contributed by atoms with E-state index in [0.29, 0.717) is 18.1 Å². The van der Waals surface area contributed by atoms with Gasteiger partial charge in [0.05, 0.1) is 23.9 Å². The van der Waals surface area contributed by atoms with Crippen molar-refractivity contribution in [2.75, 3.05) is 17.7 Å². The van der Waals surface area contributed by atoms with Crippen molar-refractivity contribution in [1.29, 1.82) is 0 Å². The number of aromatic nitrogens is 1. The number of carbonyl (C=O) groups is 1. The fourth-order valence-electron chi connectivity index (χ4n) is 1.79. The van der Waals surface area contributed by atoms with Crippen LogP contribution in [0.25, 0.3) is 0 Å². The molecule has 2 atom stereocenters. The first-order valence-electron chi connectivity index (χ1n) is 5.31. The molecule has 1 aliphatic rings. The number of anilines is 2. The largest absolute Gasteiger partial charge is 0.384 e. The normalized spacial score (nSPS) is 24.3. The molecule has 0 saturated carbocycles. The van der Waals surface area contributed by atoms with Crippen LogP contribution in [-0.2, 0) is 9.53 Å². The minimum absolute atomic E-state index is 0.0123. The number of hydrogen-bond donors (Lipinski definition) is 2. The summed E-state index contributed by atoms with van der Waals surface area (Å²) >= 11 is 0. The van der Waals surface area contributed by atoms with Gasteiger partial charge in [-0.2, -0.15) is 0 Å². The maximum atomic E-state index is 11.9. The molecule has 2 heterocycles. The molecule has 1 saturated heterocycles. The summed E-state index contributed by atoms with van der Waals surface area (Å²) in [6.07, 6.45) is 2.31. The second-order valence-corrected chi connectivity index (χ2v) is 3.93. The molecule has 0 bridgehead atoms. The molecule has 1 aromatic heterocycles. The molecule has 1 amide bonds. The summed E-state index contributed by atoms with van der Waals surface area (Å²) in [5, 5.41) is 2.80. The number of pyridine rings is 1. The first-order chi connectivity index (χ1) is 7.66. The Morgan fingerprint density at radius 1 is 1.62 bits per heavy atom. The van der Waals surface area contributed by atoms with Crippen LogP contribution in [0.5, 0.6) is 0 Å². The number of amides is 1. The van der Waals surface area contributed by atoms with Gasteiger partial charge in [-0.25, -0.2) is 4.98 Å². The van der Waals surface area contributed by atoms with Crippen molar-refractivity contribution in [3.05, 3.63) is 18.3 Å². The highest BCUT2D eigenvalue weighted by molar-refractivity contribution is 5.92. The summed E-state index contributed by atoms with van der Waals surface area (Å²) in [5.41, 5.74) is 6.12. The summed E-state index contributed by atoms with van der Waals surface area (Å²) in [7, 11) is 0. The minimum atomic E-state index is -0.0717. The number of nitrogens with one attached hydrogen (secondary N) is 1. The van der Waals surface area contributed by atoms with Crippen LogP contribution >= 0.6 is 0 Å². The van der Waals surface area contributed by atoms with Crippen LogP contribution in [0.3, 0.4) is 0 Å². The van der Waals surface area contributed by atoms with Crippen molar-refractivity contribution in [3.8, 4) is 0 Å². The molecule has 86 valence electrons. The van der Waals surface area contributed by atoms with Crippen LogP contribution < -0.4 is 11.1 Å². The van der Waals surface area contributed by atoms with E-state index in [0.717, 1.165) is 6.42 Å². The fraction of sp³-hybridized carbons (Fsp3) is 0.455. The molecule has 1 aliphatic heterocycles. The molecule has 1 fully saturated rings. The summed E-state index contributed by atoms with van der Waals surface area (Å²) < 4.78 is 5.35. The van der Waals surface area contributed by atoms with Gasteiger partial charge in [0.1, 0.15) is 5.82 Å². The van der Waals surface area contributed by atoms with Crippen LogP contribution in [0.4, 0.5) is 11.5 Å². The second-order valence-electron chi connectivity index (χ2n) is 3.93. The Balaban J connectivity index is 1.99. The number of carbonyl (C=O) groups excluding carboxylic acids is 1. The lowest BCUT2D eigenvalue weighted by Gasteiger charge is -2.13. The Labute approximate surface area is 94.0 Å². The molecule has 5 nitrogen and oxygen atoms in total. The van der Waals surface area contributed by atoms with E-state index in [1.54, 1.807) is 18.3 Å². The van der Waals surface area contributed by atoms with Gasteiger partial charge in [0, 0.05) is 6.61 Å². The van der Waals surface area contributed by atoms with E-state index in [4.69, 9.17) is 10.5 Å². The van der Waals surface area contributed by atoms with Gasteiger partial charge < -0.3 is 15.8 Å². The van der Waals surface area contributed by atoms with E-state index < -0.39 is 0 Å². The molecule has 0 aromatic carbocycles. The van der Waals surface area contributed by atoms with Gasteiger partial charge in [-0.3, -0.25) is 4.79 Å². The van der Waals surface area contributed by atoms with Gasteiger partial charge in [-0.1, -0.05) is 0 Å². The molecule has 2 rings (SSSR count). The number of nitrogens with zero attached hydrogens (tertiary/aromatic N) is 1. The summed E-state index contributed by atoms with van der Waals surface area (Å²) in [4.78, 5) is 15.8. The Hall–Kier alpha value is -1.62. The molecular formula is C11H15N3O2. The number of rotatable bonds is 2. The topological polar surface area (TPSA) is 77.2 Å². The summed E-state index contributed by atoms with van der Waals surface area (Å²) in [5.74, 6) is 0.352. The lowest BCUT2D eigenvalue weighted by atomic mass is 10.0. The van der Waals surface area contributed by atoms with Crippen LogP contribution in [0, 0.1) is 5.92 Å². The van der Waals surface area contributed by atoms with E-state index in [9.17, 15) is 4.79 Å². The minimum Gasteiger partial charge on any atom is -0.384 e. The first kappa shape index (κ1) is 10.9. The fourth-order valence-corrected chi connectivity index (χ4v) is 1.79. The Morgan fingerprint density at radius 3 is 3.00 bits per heavy atom. The summed E-state index contributed by atoms with van der Waals surface area (Å²) in [6.45, 7) is 2.57. The van der Waals surface area contributed by atoms with E-state index in [1.807, 2.05) is 6.92 Å². The van der Waals surface area contributed by atoms with Crippen molar-refractivity contribution in [2.24, 2.45) is 5.92 Å². The van der Waals surface area contributed by atoms with Crippen molar-refractivity contribution >= 4 is 17.4 Å². The number of nitrogens with two attached hydrogens (primary N) is 1. The molecule has 3 N–H and O–H groups in total. The van der Waals surface area contributed by atoms with Gasteiger partial charge in [-0.15, -0.1) is 0 Å². The predicted octanol–water partition coefficient (Wildman–Crippen LogP) is 1.03. The SMILES string of the molecule is CC1OCCC1C(=O)Nc1ccc(N)nc1. The van der Waals surface area contributed by atoms with Gasteiger partial charge in [0.15, 0.2) is 0 Å². The predicted molar refractivity (Wildman–Crippen MR) is 60.8 cm³/mol. The van der Waals surface area contributed by atoms with Crippen LogP contribution in [0.1, 0.15) is 13.3 Å². The monoisotopic (exact) mass is 221 g/mol. The highest BCUT2D eigenvalue weighted by Crippen LogP contribution is 2.22. The van der Waals surface area contributed by atoms with Crippen molar-refractivity contribution in [3.63, 3.8) is 0 Å². The van der Waals surface area contributed by atoms with Crippen molar-refractivity contribution < 1.29 is 9.53 Å². The van der Waals surface area contributed by atoms with E-state index in [-0.39, 0.29) is 17.9 Å². The molecule has 1 aromatic rings. The van der Waals surface area contributed by atoms with Crippen LogP contribution in [0.2, 0.25) is 0 Å². The Kier molecular flexibility index (Phi) is 3.05. The average Bonchev–Trinajstić information content (AvgIpc) is 2.68. The Morgan fingerprint density at radius 2 is 2.44 bits per heavy atom.